The molecule has 1 aromatic rings. The molecule has 0 fully saturated rings. The average molecular weight is 276 g/mol. The smallest absolute Gasteiger partial charge is 0.416 e. The predicted octanol–water partition coefficient (Wildman–Crippen LogP) is 2.35. The highest BCUT2D eigenvalue weighted by Crippen LogP contribution is 2.34. The first-order chi connectivity index (χ1) is 8.84. The lowest BCUT2D eigenvalue weighted by Crippen LogP contribution is -2.16. The third-order valence-corrected chi connectivity index (χ3v) is 2.43. The average Bonchev–Trinajstić information content (AvgIpc) is 2.31. The second-order valence-electron chi connectivity index (χ2n) is 3.98. The summed E-state index contributed by atoms with van der Waals surface area (Å²) in [7, 11) is 1.73. The van der Waals surface area contributed by atoms with Crippen LogP contribution in [0.25, 0.3) is 0 Å². The lowest BCUT2D eigenvalue weighted by atomic mass is 10.1. The molecule has 0 aromatic heterocycles. The van der Waals surface area contributed by atoms with Crippen molar-refractivity contribution in [3.05, 3.63) is 23.8 Å². The molecule has 0 unspecified atom stereocenters. The van der Waals surface area contributed by atoms with Gasteiger partial charge in [0.05, 0.1) is 11.3 Å². The van der Waals surface area contributed by atoms with Gasteiger partial charge in [-0.2, -0.15) is 13.2 Å². The highest BCUT2D eigenvalue weighted by molar-refractivity contribution is 5.92. The molecule has 19 heavy (non-hydrogen) atoms. The second-order valence-corrected chi connectivity index (χ2v) is 3.98. The van der Waals surface area contributed by atoms with Crippen LogP contribution in [0.3, 0.4) is 0 Å². The van der Waals surface area contributed by atoms with E-state index in [-0.39, 0.29) is 12.1 Å². The maximum absolute atomic E-state index is 12.5. The van der Waals surface area contributed by atoms with E-state index in [0.29, 0.717) is 19.0 Å². The molecule has 0 aliphatic heterocycles. The van der Waals surface area contributed by atoms with Crippen molar-refractivity contribution in [3.63, 3.8) is 0 Å². The number of phenols is 1. The summed E-state index contributed by atoms with van der Waals surface area (Å²) in [4.78, 5) is 11.5. The Balaban J connectivity index is 2.74. The lowest BCUT2D eigenvalue weighted by Gasteiger charge is -2.11. The topological polar surface area (TPSA) is 61.4 Å². The molecular formula is C12H15F3N2O2. The number of amides is 1. The number of anilines is 1. The number of rotatable bonds is 5. The Morgan fingerprint density at radius 2 is 2.05 bits per heavy atom. The van der Waals surface area contributed by atoms with Crippen molar-refractivity contribution in [1.82, 2.24) is 5.32 Å². The van der Waals surface area contributed by atoms with Crippen molar-refractivity contribution in [3.8, 4) is 5.75 Å². The van der Waals surface area contributed by atoms with E-state index >= 15 is 0 Å². The van der Waals surface area contributed by atoms with Gasteiger partial charge in [-0.1, -0.05) is 0 Å². The van der Waals surface area contributed by atoms with Crippen LogP contribution in [0.15, 0.2) is 18.2 Å². The number of alkyl halides is 3. The van der Waals surface area contributed by atoms with E-state index in [1.807, 2.05) is 0 Å². The Labute approximate surface area is 108 Å². The Bertz CT molecular complexity index is 447. The summed E-state index contributed by atoms with van der Waals surface area (Å²) in [6, 6.07) is 2.38. The Morgan fingerprint density at radius 3 is 2.63 bits per heavy atom. The number of aromatic hydroxyl groups is 1. The van der Waals surface area contributed by atoms with E-state index in [0.717, 1.165) is 12.1 Å². The third kappa shape index (κ3) is 4.78. The number of carbonyl (C=O) groups excluding carboxylic acids is 1. The van der Waals surface area contributed by atoms with Crippen LogP contribution in [0.4, 0.5) is 18.9 Å². The molecule has 0 aliphatic rings. The number of benzene rings is 1. The summed E-state index contributed by atoms with van der Waals surface area (Å²) in [6.07, 6.45) is -3.79. The number of hydrogen-bond donors (Lipinski definition) is 3. The summed E-state index contributed by atoms with van der Waals surface area (Å²) < 4.78 is 37.4. The fourth-order valence-electron chi connectivity index (χ4n) is 1.45. The number of phenolic OH excluding ortho intramolecular Hbond substituents is 1. The summed E-state index contributed by atoms with van der Waals surface area (Å²) in [5.74, 6) is -0.833. The molecule has 0 aliphatic carbocycles. The van der Waals surface area contributed by atoms with Crippen molar-refractivity contribution in [1.29, 1.82) is 0 Å². The second kappa shape index (κ2) is 6.42. The van der Waals surface area contributed by atoms with Crippen LogP contribution in [0.5, 0.6) is 5.75 Å². The van der Waals surface area contributed by atoms with Gasteiger partial charge >= 0.3 is 6.18 Å². The van der Waals surface area contributed by atoms with Gasteiger partial charge in [0.2, 0.25) is 5.91 Å². The Kier molecular flexibility index (Phi) is 5.17. The number of hydrogen-bond acceptors (Lipinski definition) is 3. The molecular weight excluding hydrogens is 261 g/mol. The molecule has 1 aromatic carbocycles. The van der Waals surface area contributed by atoms with E-state index in [2.05, 4.69) is 10.6 Å². The molecule has 3 N–H and O–H groups in total. The molecule has 4 nitrogen and oxygen atoms in total. The maximum atomic E-state index is 12.5. The fraction of sp³-hybridized carbons (Fsp3) is 0.417. The van der Waals surface area contributed by atoms with E-state index in [1.165, 1.54) is 0 Å². The van der Waals surface area contributed by atoms with Crippen LogP contribution in [-0.2, 0) is 11.0 Å². The van der Waals surface area contributed by atoms with Crippen LogP contribution in [0, 0.1) is 0 Å². The number of halogens is 3. The zero-order valence-corrected chi connectivity index (χ0v) is 10.3. The minimum Gasteiger partial charge on any atom is -0.506 e. The predicted molar refractivity (Wildman–Crippen MR) is 64.9 cm³/mol. The largest absolute Gasteiger partial charge is 0.506 e. The minimum atomic E-state index is -4.51. The van der Waals surface area contributed by atoms with E-state index < -0.39 is 23.4 Å². The fourth-order valence-corrected chi connectivity index (χ4v) is 1.45. The molecule has 106 valence electrons. The van der Waals surface area contributed by atoms with Crippen molar-refractivity contribution < 1.29 is 23.1 Å². The maximum Gasteiger partial charge on any atom is 0.416 e. The first kappa shape index (κ1) is 15.3. The van der Waals surface area contributed by atoms with Gasteiger partial charge < -0.3 is 15.7 Å². The third-order valence-electron chi connectivity index (χ3n) is 2.43. The van der Waals surface area contributed by atoms with Crippen molar-refractivity contribution >= 4 is 11.6 Å². The van der Waals surface area contributed by atoms with Crippen LogP contribution >= 0.6 is 0 Å². The van der Waals surface area contributed by atoms with Gasteiger partial charge in [0.15, 0.2) is 0 Å². The van der Waals surface area contributed by atoms with Gasteiger partial charge in [-0.3, -0.25) is 4.79 Å². The molecule has 0 heterocycles. The van der Waals surface area contributed by atoms with Crippen molar-refractivity contribution in [2.45, 2.75) is 19.0 Å². The zero-order chi connectivity index (χ0) is 14.5. The summed E-state index contributed by atoms with van der Waals surface area (Å²) >= 11 is 0. The van der Waals surface area contributed by atoms with Crippen molar-refractivity contribution in [2.75, 3.05) is 18.9 Å². The first-order valence-electron chi connectivity index (χ1n) is 5.69. The van der Waals surface area contributed by atoms with Crippen LogP contribution in [0.2, 0.25) is 0 Å². The molecule has 0 saturated carbocycles. The standard InChI is InChI=1S/C12H15F3N2O2/c1-16-6-2-3-11(19)17-9-7-8(12(13,14)15)4-5-10(9)18/h4-5,7,16,18H,2-3,6H2,1H3,(H,17,19). The summed E-state index contributed by atoms with van der Waals surface area (Å²) in [6.45, 7) is 0.627. The molecule has 1 amide bonds. The van der Waals surface area contributed by atoms with Gasteiger partial charge in [-0.15, -0.1) is 0 Å². The molecule has 1 rings (SSSR count). The van der Waals surface area contributed by atoms with Crippen LogP contribution in [0.1, 0.15) is 18.4 Å². The number of nitrogens with one attached hydrogen (secondary N) is 2. The van der Waals surface area contributed by atoms with Crippen molar-refractivity contribution in [2.24, 2.45) is 0 Å². The first-order valence-corrected chi connectivity index (χ1v) is 5.69. The summed E-state index contributed by atoms with van der Waals surface area (Å²) in [5, 5.41) is 14.5. The lowest BCUT2D eigenvalue weighted by molar-refractivity contribution is -0.137. The molecule has 0 spiro atoms. The van der Waals surface area contributed by atoms with E-state index in [9.17, 15) is 23.1 Å². The summed E-state index contributed by atoms with van der Waals surface area (Å²) in [5.41, 5.74) is -1.15. The van der Waals surface area contributed by atoms with Gasteiger partial charge in [0.25, 0.3) is 0 Å². The quantitative estimate of drug-likeness (QED) is 0.571. The highest BCUT2D eigenvalue weighted by atomic mass is 19.4. The van der Waals surface area contributed by atoms with Gasteiger partial charge in [0.1, 0.15) is 5.75 Å². The highest BCUT2D eigenvalue weighted by Gasteiger charge is 2.31. The van der Waals surface area contributed by atoms with Gasteiger partial charge in [-0.05, 0) is 38.2 Å². The monoisotopic (exact) mass is 276 g/mol. The van der Waals surface area contributed by atoms with E-state index in [4.69, 9.17) is 0 Å². The SMILES string of the molecule is CNCCCC(=O)Nc1cc(C(F)(F)F)ccc1O. The Hall–Kier alpha value is -1.76. The Morgan fingerprint density at radius 1 is 1.37 bits per heavy atom. The van der Waals surface area contributed by atoms with Gasteiger partial charge in [-0.25, -0.2) is 0 Å². The molecule has 0 atom stereocenters. The van der Waals surface area contributed by atoms with E-state index in [1.54, 1.807) is 7.05 Å². The molecule has 0 bridgehead atoms. The number of carbonyl (C=O) groups is 1. The minimum absolute atomic E-state index is 0.163. The molecule has 0 saturated heterocycles. The zero-order valence-electron chi connectivity index (χ0n) is 10.3. The molecule has 7 heteroatoms. The van der Waals surface area contributed by atoms with Gasteiger partial charge in [0, 0.05) is 6.42 Å². The normalized spacial score (nSPS) is 11.4. The van der Waals surface area contributed by atoms with Crippen LogP contribution in [-0.4, -0.2) is 24.6 Å². The molecule has 0 radical (unpaired) electrons. The van der Waals surface area contributed by atoms with Crippen LogP contribution < -0.4 is 10.6 Å².